The van der Waals surface area contributed by atoms with Crippen molar-refractivity contribution in [3.05, 3.63) is 36.0 Å². The van der Waals surface area contributed by atoms with Gasteiger partial charge in [0.25, 0.3) is 0 Å². The van der Waals surface area contributed by atoms with Crippen LogP contribution in [0.1, 0.15) is 18.4 Å². The first-order chi connectivity index (χ1) is 11.2. The number of pyridine rings is 1. The molecule has 0 unspecified atom stereocenters. The molecule has 2 aromatic rings. The van der Waals surface area contributed by atoms with Crippen LogP contribution in [-0.4, -0.2) is 42.5 Å². The normalized spacial score (nSPS) is 16.6. The highest BCUT2D eigenvalue weighted by molar-refractivity contribution is 5.83. The monoisotopic (exact) mass is 313 g/mol. The number of hydrogen-bond donors (Lipinski definition) is 1. The highest BCUT2D eigenvalue weighted by atomic mass is 16.5. The average Bonchev–Trinajstić information content (AvgIpc) is 2.59. The Morgan fingerprint density at radius 3 is 2.83 bits per heavy atom. The van der Waals surface area contributed by atoms with Crippen molar-refractivity contribution < 1.29 is 9.53 Å². The zero-order valence-corrected chi connectivity index (χ0v) is 13.5. The fourth-order valence-electron chi connectivity index (χ4n) is 3.25. The van der Waals surface area contributed by atoms with Gasteiger partial charge in [-0.1, -0.05) is 0 Å². The maximum atomic E-state index is 11.2. The molecule has 0 atom stereocenters. The fraction of sp³-hybridized carbons (Fsp3) is 0.444. The van der Waals surface area contributed by atoms with Crippen molar-refractivity contribution in [3.8, 4) is 5.75 Å². The van der Waals surface area contributed by atoms with Gasteiger partial charge in [-0.15, -0.1) is 0 Å². The van der Waals surface area contributed by atoms with E-state index in [4.69, 9.17) is 10.5 Å². The number of piperidine rings is 1. The van der Waals surface area contributed by atoms with Gasteiger partial charge in [-0.3, -0.25) is 9.78 Å². The van der Waals surface area contributed by atoms with E-state index in [1.807, 2.05) is 18.3 Å². The topological polar surface area (TPSA) is 68.4 Å². The van der Waals surface area contributed by atoms with Gasteiger partial charge in [-0.2, -0.15) is 0 Å². The van der Waals surface area contributed by atoms with E-state index in [0.717, 1.165) is 55.5 Å². The number of rotatable bonds is 5. The van der Waals surface area contributed by atoms with Gasteiger partial charge in [-0.25, -0.2) is 0 Å². The Kier molecular flexibility index (Phi) is 4.76. The number of aromatic nitrogens is 1. The molecule has 3 rings (SSSR count). The number of ether oxygens (including phenoxy) is 1. The van der Waals surface area contributed by atoms with Crippen LogP contribution >= 0.6 is 0 Å². The molecule has 1 amide bonds. The first-order valence-corrected chi connectivity index (χ1v) is 8.10. The van der Waals surface area contributed by atoms with E-state index in [-0.39, 0.29) is 11.8 Å². The van der Waals surface area contributed by atoms with E-state index in [1.165, 1.54) is 5.56 Å². The Labute approximate surface area is 136 Å². The molecule has 122 valence electrons. The summed E-state index contributed by atoms with van der Waals surface area (Å²) < 4.78 is 5.32. The smallest absolute Gasteiger partial charge is 0.220 e. The molecule has 1 aromatic heterocycles. The maximum absolute atomic E-state index is 11.2. The van der Waals surface area contributed by atoms with Crippen LogP contribution < -0.4 is 10.5 Å². The maximum Gasteiger partial charge on any atom is 0.220 e. The first-order valence-electron chi connectivity index (χ1n) is 8.10. The van der Waals surface area contributed by atoms with E-state index >= 15 is 0 Å². The molecule has 0 spiro atoms. The van der Waals surface area contributed by atoms with Gasteiger partial charge in [0, 0.05) is 24.0 Å². The van der Waals surface area contributed by atoms with Crippen LogP contribution in [0.2, 0.25) is 0 Å². The zero-order valence-electron chi connectivity index (χ0n) is 13.5. The number of likely N-dealkylation sites (tertiary alicyclic amines) is 1. The van der Waals surface area contributed by atoms with Gasteiger partial charge in [0.1, 0.15) is 5.75 Å². The number of nitrogens with zero attached hydrogens (tertiary/aromatic N) is 2. The lowest BCUT2D eigenvalue weighted by Crippen LogP contribution is -2.39. The summed E-state index contributed by atoms with van der Waals surface area (Å²) in [4.78, 5) is 18.1. The Bertz CT molecular complexity index is 694. The van der Waals surface area contributed by atoms with Crippen molar-refractivity contribution in [1.82, 2.24) is 9.88 Å². The summed E-state index contributed by atoms with van der Waals surface area (Å²) in [6.07, 6.45) is 4.58. The van der Waals surface area contributed by atoms with E-state index < -0.39 is 0 Å². The predicted octanol–water partition coefficient (Wildman–Crippen LogP) is 1.98. The van der Waals surface area contributed by atoms with Gasteiger partial charge < -0.3 is 15.4 Å². The van der Waals surface area contributed by atoms with Crippen molar-refractivity contribution >= 4 is 16.8 Å². The van der Waals surface area contributed by atoms with Crippen molar-refractivity contribution in [2.75, 3.05) is 26.7 Å². The summed E-state index contributed by atoms with van der Waals surface area (Å²) in [6, 6.07) is 8.07. The Balaban J connectivity index is 1.67. The lowest BCUT2D eigenvalue weighted by molar-refractivity contribution is -0.123. The van der Waals surface area contributed by atoms with Gasteiger partial charge in [0.15, 0.2) is 0 Å². The van der Waals surface area contributed by atoms with Crippen LogP contribution in [0.15, 0.2) is 30.5 Å². The summed E-state index contributed by atoms with van der Waals surface area (Å²) >= 11 is 0. The second kappa shape index (κ2) is 6.96. The molecule has 5 nitrogen and oxygen atoms in total. The van der Waals surface area contributed by atoms with E-state index in [1.54, 1.807) is 7.11 Å². The quantitative estimate of drug-likeness (QED) is 0.916. The number of carbonyl (C=O) groups is 1. The highest BCUT2D eigenvalue weighted by Crippen LogP contribution is 2.23. The third kappa shape index (κ3) is 3.62. The van der Waals surface area contributed by atoms with Crippen LogP contribution in [-0.2, 0) is 11.2 Å². The molecule has 23 heavy (non-hydrogen) atoms. The summed E-state index contributed by atoms with van der Waals surface area (Å²) in [5, 5.41) is 1.15. The standard InChI is InChI=1S/C18H23N3O2/c1-23-15-2-3-17-16(12-15)13(4-8-20-17)5-9-21-10-6-14(7-11-21)18(19)22/h2-4,8,12,14H,5-7,9-11H2,1H3,(H2,19,22). The minimum Gasteiger partial charge on any atom is -0.497 e. The first kappa shape index (κ1) is 15.7. The number of hydrogen-bond acceptors (Lipinski definition) is 4. The van der Waals surface area contributed by atoms with Gasteiger partial charge in [0.05, 0.1) is 12.6 Å². The van der Waals surface area contributed by atoms with Crippen molar-refractivity contribution in [2.24, 2.45) is 11.7 Å². The molecule has 1 saturated heterocycles. The summed E-state index contributed by atoms with van der Waals surface area (Å²) in [7, 11) is 1.68. The zero-order chi connectivity index (χ0) is 16.2. The Hall–Kier alpha value is -2.14. The molecule has 0 saturated carbocycles. The van der Waals surface area contributed by atoms with E-state index in [2.05, 4.69) is 22.0 Å². The summed E-state index contributed by atoms with van der Waals surface area (Å²) in [6.45, 7) is 2.88. The van der Waals surface area contributed by atoms with Crippen LogP contribution in [0.3, 0.4) is 0 Å². The number of nitrogens with two attached hydrogens (primary N) is 1. The second-order valence-corrected chi connectivity index (χ2v) is 6.12. The largest absolute Gasteiger partial charge is 0.497 e. The third-order valence-corrected chi connectivity index (χ3v) is 4.73. The lowest BCUT2D eigenvalue weighted by atomic mass is 9.96. The molecular formula is C18H23N3O2. The van der Waals surface area contributed by atoms with Crippen LogP contribution in [0.5, 0.6) is 5.75 Å². The number of fused-ring (bicyclic) bond motifs is 1. The second-order valence-electron chi connectivity index (χ2n) is 6.12. The molecule has 0 aliphatic carbocycles. The number of methoxy groups -OCH3 is 1. The third-order valence-electron chi connectivity index (χ3n) is 4.73. The minimum atomic E-state index is -0.156. The Morgan fingerprint density at radius 2 is 2.13 bits per heavy atom. The van der Waals surface area contributed by atoms with Crippen molar-refractivity contribution in [1.29, 1.82) is 0 Å². The number of amides is 1. The summed E-state index contributed by atoms with van der Waals surface area (Å²) in [5.41, 5.74) is 7.67. The van der Waals surface area contributed by atoms with Gasteiger partial charge in [0.2, 0.25) is 5.91 Å². The number of primary amides is 1. The van der Waals surface area contributed by atoms with E-state index in [9.17, 15) is 4.79 Å². The average molecular weight is 313 g/mol. The molecule has 0 bridgehead atoms. The molecule has 1 aromatic carbocycles. The van der Waals surface area contributed by atoms with E-state index in [0.29, 0.717) is 0 Å². The molecule has 2 heterocycles. The van der Waals surface area contributed by atoms with Gasteiger partial charge in [-0.05, 0) is 62.2 Å². The number of carbonyl (C=O) groups excluding carboxylic acids is 1. The van der Waals surface area contributed by atoms with Crippen molar-refractivity contribution in [3.63, 3.8) is 0 Å². The van der Waals surface area contributed by atoms with Crippen LogP contribution in [0.25, 0.3) is 10.9 Å². The molecule has 0 radical (unpaired) electrons. The molecule has 5 heteroatoms. The SMILES string of the molecule is COc1ccc2nccc(CCN3CCC(C(N)=O)CC3)c2c1. The van der Waals surface area contributed by atoms with Crippen molar-refractivity contribution in [2.45, 2.75) is 19.3 Å². The van der Waals surface area contributed by atoms with Crippen LogP contribution in [0, 0.1) is 5.92 Å². The number of benzene rings is 1. The highest BCUT2D eigenvalue weighted by Gasteiger charge is 2.22. The summed E-state index contributed by atoms with van der Waals surface area (Å²) in [5.74, 6) is 0.753. The Morgan fingerprint density at radius 1 is 1.35 bits per heavy atom. The molecule has 1 fully saturated rings. The fourth-order valence-corrected chi connectivity index (χ4v) is 3.25. The molecule has 1 aliphatic rings. The van der Waals surface area contributed by atoms with Crippen LogP contribution in [0.4, 0.5) is 0 Å². The lowest BCUT2D eigenvalue weighted by Gasteiger charge is -2.30. The predicted molar refractivity (Wildman–Crippen MR) is 90.4 cm³/mol. The molecule has 1 aliphatic heterocycles. The molecule has 2 N–H and O–H groups in total. The molecular weight excluding hydrogens is 290 g/mol. The minimum absolute atomic E-state index is 0.0530. The van der Waals surface area contributed by atoms with Gasteiger partial charge >= 0.3 is 0 Å².